The molecule has 0 radical (unpaired) electrons. The molecule has 0 aliphatic heterocycles. The van der Waals surface area contributed by atoms with Gasteiger partial charge in [0.15, 0.2) is 0 Å². The minimum atomic E-state index is -1.08. The molecule has 0 bridgehead atoms. The van der Waals surface area contributed by atoms with Crippen molar-refractivity contribution in [2.24, 2.45) is 0 Å². The van der Waals surface area contributed by atoms with Gasteiger partial charge in [-0.05, 0) is 30.3 Å². The van der Waals surface area contributed by atoms with Crippen LogP contribution < -0.4 is 5.32 Å². The third-order valence-electron chi connectivity index (χ3n) is 2.66. The molecule has 1 amide bonds. The number of hydrogen-bond acceptors (Lipinski definition) is 4. The summed E-state index contributed by atoms with van der Waals surface area (Å²) in [4.78, 5) is 21.5. The van der Waals surface area contributed by atoms with E-state index >= 15 is 0 Å². The second-order valence-electron chi connectivity index (χ2n) is 4.07. The average Bonchev–Trinajstić information content (AvgIpc) is 2.46. The number of nitriles is 1. The Kier molecular flexibility index (Phi) is 3.90. The topological polar surface area (TPSA) is 96.0 Å². The number of nitro groups is 1. The van der Waals surface area contributed by atoms with E-state index in [4.69, 9.17) is 5.26 Å². The quantitative estimate of drug-likeness (QED) is 0.692. The molecule has 0 aromatic heterocycles. The van der Waals surface area contributed by atoms with E-state index < -0.39 is 22.3 Å². The van der Waals surface area contributed by atoms with E-state index in [2.05, 4.69) is 5.32 Å². The lowest BCUT2D eigenvalue weighted by Gasteiger charge is -2.05. The second-order valence-corrected chi connectivity index (χ2v) is 4.07. The first-order chi connectivity index (χ1) is 10.0. The molecule has 2 aromatic rings. The molecule has 0 heterocycles. The number of anilines is 1. The summed E-state index contributed by atoms with van der Waals surface area (Å²) in [6.07, 6.45) is 0. The summed E-state index contributed by atoms with van der Waals surface area (Å²) in [5.74, 6) is -1.71. The van der Waals surface area contributed by atoms with E-state index in [9.17, 15) is 19.3 Å². The lowest BCUT2D eigenvalue weighted by atomic mass is 10.1. The Labute approximate surface area is 118 Å². The molecule has 7 heteroatoms. The third kappa shape index (κ3) is 3.19. The van der Waals surface area contributed by atoms with Crippen molar-refractivity contribution in [1.82, 2.24) is 0 Å². The molecular formula is C14H8FN3O3. The molecule has 104 valence electrons. The maximum atomic E-state index is 13.5. The molecule has 0 fully saturated rings. The van der Waals surface area contributed by atoms with Crippen molar-refractivity contribution in [3.05, 3.63) is 69.5 Å². The van der Waals surface area contributed by atoms with Gasteiger partial charge >= 0.3 is 5.69 Å². The van der Waals surface area contributed by atoms with Crippen molar-refractivity contribution >= 4 is 17.3 Å². The monoisotopic (exact) mass is 285 g/mol. The van der Waals surface area contributed by atoms with Gasteiger partial charge in [0.2, 0.25) is 5.82 Å². The SMILES string of the molecule is N#Cc1cccc(NC(=O)c2ccc([N+](=O)[O-])c(F)c2)c1. The molecular weight excluding hydrogens is 277 g/mol. The van der Waals surface area contributed by atoms with Gasteiger partial charge in [-0.1, -0.05) is 6.07 Å². The van der Waals surface area contributed by atoms with E-state index in [0.717, 1.165) is 18.2 Å². The highest BCUT2D eigenvalue weighted by Gasteiger charge is 2.16. The van der Waals surface area contributed by atoms with Crippen molar-refractivity contribution in [1.29, 1.82) is 5.26 Å². The first kappa shape index (κ1) is 14.1. The summed E-state index contributed by atoms with van der Waals surface area (Å²) < 4.78 is 13.5. The zero-order valence-electron chi connectivity index (χ0n) is 10.5. The van der Waals surface area contributed by atoms with Crippen molar-refractivity contribution < 1.29 is 14.1 Å². The van der Waals surface area contributed by atoms with Gasteiger partial charge in [-0.25, -0.2) is 0 Å². The first-order valence-corrected chi connectivity index (χ1v) is 5.76. The fourth-order valence-corrected chi connectivity index (χ4v) is 1.67. The highest BCUT2D eigenvalue weighted by atomic mass is 19.1. The Morgan fingerprint density at radius 1 is 1.29 bits per heavy atom. The van der Waals surface area contributed by atoms with Gasteiger partial charge in [-0.2, -0.15) is 9.65 Å². The van der Waals surface area contributed by atoms with E-state index in [1.807, 2.05) is 6.07 Å². The Balaban J connectivity index is 2.22. The van der Waals surface area contributed by atoms with Crippen molar-refractivity contribution in [2.75, 3.05) is 5.32 Å². The summed E-state index contributed by atoms with van der Waals surface area (Å²) in [7, 11) is 0. The van der Waals surface area contributed by atoms with Crippen LogP contribution in [0.5, 0.6) is 0 Å². The van der Waals surface area contributed by atoms with Crippen LogP contribution in [-0.2, 0) is 0 Å². The molecule has 0 saturated carbocycles. The number of nitrogens with zero attached hydrogens (tertiary/aromatic N) is 2. The lowest BCUT2D eigenvalue weighted by molar-refractivity contribution is -0.387. The molecule has 0 aliphatic carbocycles. The Morgan fingerprint density at radius 2 is 2.05 bits per heavy atom. The zero-order valence-corrected chi connectivity index (χ0v) is 10.5. The number of amides is 1. The van der Waals surface area contributed by atoms with Crippen LogP contribution in [0.25, 0.3) is 0 Å². The minimum absolute atomic E-state index is 0.0551. The summed E-state index contributed by atoms with van der Waals surface area (Å²) in [5.41, 5.74) is -0.0148. The molecule has 0 unspecified atom stereocenters. The Morgan fingerprint density at radius 3 is 2.67 bits per heavy atom. The third-order valence-corrected chi connectivity index (χ3v) is 2.66. The number of carbonyl (C=O) groups is 1. The summed E-state index contributed by atoms with van der Waals surface area (Å²) in [6.45, 7) is 0. The molecule has 2 aromatic carbocycles. The maximum absolute atomic E-state index is 13.5. The van der Waals surface area contributed by atoms with Crippen LogP contribution >= 0.6 is 0 Å². The molecule has 0 spiro atoms. The molecule has 6 nitrogen and oxygen atoms in total. The first-order valence-electron chi connectivity index (χ1n) is 5.76. The largest absolute Gasteiger partial charge is 0.322 e. The van der Waals surface area contributed by atoms with Crippen LogP contribution in [-0.4, -0.2) is 10.8 Å². The van der Waals surface area contributed by atoms with Crippen molar-refractivity contribution in [3.8, 4) is 6.07 Å². The summed E-state index contributed by atoms with van der Waals surface area (Å²) in [6, 6.07) is 11.0. The second kappa shape index (κ2) is 5.79. The van der Waals surface area contributed by atoms with E-state index in [1.54, 1.807) is 18.2 Å². The van der Waals surface area contributed by atoms with E-state index in [-0.39, 0.29) is 5.56 Å². The van der Waals surface area contributed by atoms with Crippen LogP contribution in [0.2, 0.25) is 0 Å². The number of hydrogen-bond donors (Lipinski definition) is 1. The fourth-order valence-electron chi connectivity index (χ4n) is 1.67. The fraction of sp³-hybridized carbons (Fsp3) is 0. The molecule has 0 saturated heterocycles. The minimum Gasteiger partial charge on any atom is -0.322 e. The van der Waals surface area contributed by atoms with Crippen LogP contribution in [0.3, 0.4) is 0 Å². The summed E-state index contributed by atoms with van der Waals surface area (Å²) >= 11 is 0. The zero-order chi connectivity index (χ0) is 15.4. The number of halogens is 1. The predicted octanol–water partition coefficient (Wildman–Crippen LogP) is 2.86. The van der Waals surface area contributed by atoms with Gasteiger partial charge in [-0.3, -0.25) is 14.9 Å². The smallest absolute Gasteiger partial charge is 0.304 e. The number of carbonyl (C=O) groups excluding carboxylic acids is 1. The molecule has 1 N–H and O–H groups in total. The van der Waals surface area contributed by atoms with Crippen molar-refractivity contribution in [3.63, 3.8) is 0 Å². The predicted molar refractivity (Wildman–Crippen MR) is 72.2 cm³/mol. The number of nitrogens with one attached hydrogen (secondary N) is 1. The standard InChI is InChI=1S/C14H8FN3O3/c15-12-7-10(4-5-13(12)18(20)21)14(19)17-11-3-1-2-9(6-11)8-16/h1-7H,(H,17,19). The Bertz CT molecular complexity index is 768. The Hall–Kier alpha value is -3.27. The summed E-state index contributed by atoms with van der Waals surface area (Å²) in [5, 5.41) is 21.7. The molecule has 21 heavy (non-hydrogen) atoms. The maximum Gasteiger partial charge on any atom is 0.304 e. The van der Waals surface area contributed by atoms with Gasteiger partial charge in [0, 0.05) is 17.3 Å². The highest BCUT2D eigenvalue weighted by Crippen LogP contribution is 2.19. The molecule has 2 rings (SSSR count). The van der Waals surface area contributed by atoms with Crippen LogP contribution in [0, 0.1) is 27.3 Å². The highest BCUT2D eigenvalue weighted by molar-refractivity contribution is 6.04. The average molecular weight is 285 g/mol. The van der Waals surface area contributed by atoms with Crippen LogP contribution in [0.15, 0.2) is 42.5 Å². The van der Waals surface area contributed by atoms with Crippen LogP contribution in [0.1, 0.15) is 15.9 Å². The van der Waals surface area contributed by atoms with Gasteiger partial charge in [0.1, 0.15) is 0 Å². The normalized spacial score (nSPS) is 9.71. The van der Waals surface area contributed by atoms with Gasteiger partial charge < -0.3 is 5.32 Å². The van der Waals surface area contributed by atoms with Gasteiger partial charge in [0.05, 0.1) is 16.6 Å². The van der Waals surface area contributed by atoms with E-state index in [0.29, 0.717) is 11.3 Å². The van der Waals surface area contributed by atoms with E-state index in [1.165, 1.54) is 6.07 Å². The van der Waals surface area contributed by atoms with Crippen molar-refractivity contribution in [2.45, 2.75) is 0 Å². The lowest BCUT2D eigenvalue weighted by Crippen LogP contribution is -2.12. The van der Waals surface area contributed by atoms with Gasteiger partial charge in [-0.15, -0.1) is 0 Å². The number of rotatable bonds is 3. The van der Waals surface area contributed by atoms with Crippen LogP contribution in [0.4, 0.5) is 15.8 Å². The van der Waals surface area contributed by atoms with Gasteiger partial charge in [0.25, 0.3) is 5.91 Å². The number of benzene rings is 2. The number of nitro benzene ring substituents is 1. The molecule has 0 atom stereocenters. The molecule has 0 aliphatic rings.